The Kier molecular flexibility index (Phi) is 5.75. The molecule has 0 radical (unpaired) electrons. The molecule has 1 saturated heterocycles. The molecule has 1 heterocycles. The summed E-state index contributed by atoms with van der Waals surface area (Å²) in [7, 11) is 1.84. The summed E-state index contributed by atoms with van der Waals surface area (Å²) in [6.07, 6.45) is 4.97. The van der Waals surface area contributed by atoms with Gasteiger partial charge < -0.3 is 9.80 Å². The third-order valence-corrected chi connectivity index (χ3v) is 4.22. The second kappa shape index (κ2) is 7.78. The van der Waals surface area contributed by atoms with Gasteiger partial charge in [-0.2, -0.15) is 0 Å². The summed E-state index contributed by atoms with van der Waals surface area (Å²) in [5, 5.41) is 0. The largest absolute Gasteiger partial charge is 0.346 e. The smallest absolute Gasteiger partial charge is 0.246 e. The monoisotopic (exact) mass is 300 g/mol. The predicted molar refractivity (Wildman–Crippen MR) is 88.1 cm³/mol. The number of piperidine rings is 1. The molecule has 0 bridgehead atoms. The van der Waals surface area contributed by atoms with E-state index in [-0.39, 0.29) is 17.7 Å². The van der Waals surface area contributed by atoms with Crippen LogP contribution in [0.25, 0.3) is 6.08 Å². The van der Waals surface area contributed by atoms with Gasteiger partial charge in [-0.1, -0.05) is 30.3 Å². The van der Waals surface area contributed by atoms with E-state index in [1.807, 2.05) is 55.3 Å². The SMILES string of the molecule is CCN(C)C(=O)C1CCN(C(=O)C=Cc2ccccc2)CC1. The normalized spacial score (nSPS) is 16.0. The minimum absolute atomic E-state index is 0.0265. The van der Waals surface area contributed by atoms with Gasteiger partial charge in [-0.25, -0.2) is 0 Å². The van der Waals surface area contributed by atoms with Crippen molar-refractivity contribution >= 4 is 17.9 Å². The fourth-order valence-corrected chi connectivity index (χ4v) is 2.65. The lowest BCUT2D eigenvalue weighted by Gasteiger charge is -2.32. The first-order chi connectivity index (χ1) is 10.6. The zero-order valence-corrected chi connectivity index (χ0v) is 13.4. The van der Waals surface area contributed by atoms with Crippen LogP contribution in [0.1, 0.15) is 25.3 Å². The van der Waals surface area contributed by atoms with Gasteiger partial charge in [0.15, 0.2) is 0 Å². The van der Waals surface area contributed by atoms with Crippen LogP contribution in [0, 0.1) is 5.92 Å². The molecular formula is C18H24N2O2. The molecule has 1 aromatic rings. The maximum Gasteiger partial charge on any atom is 0.246 e. The first-order valence-electron chi connectivity index (χ1n) is 7.89. The van der Waals surface area contributed by atoms with Crippen LogP contribution in [0.3, 0.4) is 0 Å². The quantitative estimate of drug-likeness (QED) is 0.801. The zero-order chi connectivity index (χ0) is 15.9. The number of carbonyl (C=O) groups is 2. The number of rotatable bonds is 4. The van der Waals surface area contributed by atoms with E-state index in [1.54, 1.807) is 11.0 Å². The minimum atomic E-state index is 0.0265. The number of hydrogen-bond donors (Lipinski definition) is 0. The Morgan fingerprint density at radius 1 is 1.23 bits per heavy atom. The van der Waals surface area contributed by atoms with E-state index in [0.29, 0.717) is 13.1 Å². The van der Waals surface area contributed by atoms with E-state index in [1.165, 1.54) is 0 Å². The van der Waals surface area contributed by atoms with Crippen LogP contribution in [-0.2, 0) is 9.59 Å². The Morgan fingerprint density at radius 2 is 1.86 bits per heavy atom. The second-order valence-corrected chi connectivity index (χ2v) is 5.70. The van der Waals surface area contributed by atoms with Crippen LogP contribution in [0.15, 0.2) is 36.4 Å². The van der Waals surface area contributed by atoms with Crippen molar-refractivity contribution in [3.8, 4) is 0 Å². The molecule has 22 heavy (non-hydrogen) atoms. The molecule has 0 aromatic heterocycles. The topological polar surface area (TPSA) is 40.6 Å². The molecule has 1 aliphatic heterocycles. The van der Waals surface area contributed by atoms with Gasteiger partial charge >= 0.3 is 0 Å². The van der Waals surface area contributed by atoms with Gasteiger partial charge in [-0.3, -0.25) is 9.59 Å². The predicted octanol–water partition coefficient (Wildman–Crippen LogP) is 2.42. The van der Waals surface area contributed by atoms with E-state index in [0.717, 1.165) is 24.9 Å². The Bertz CT molecular complexity index is 531. The molecule has 0 spiro atoms. The van der Waals surface area contributed by atoms with Gasteiger partial charge in [0.2, 0.25) is 11.8 Å². The van der Waals surface area contributed by atoms with Crippen molar-refractivity contribution in [2.45, 2.75) is 19.8 Å². The average Bonchev–Trinajstić information content (AvgIpc) is 2.59. The molecule has 1 aromatic carbocycles. The molecule has 0 saturated carbocycles. The van der Waals surface area contributed by atoms with Crippen LogP contribution >= 0.6 is 0 Å². The maximum absolute atomic E-state index is 12.2. The van der Waals surface area contributed by atoms with E-state index < -0.39 is 0 Å². The number of benzene rings is 1. The summed E-state index contributed by atoms with van der Waals surface area (Å²) in [5.74, 6) is 0.292. The highest BCUT2D eigenvalue weighted by atomic mass is 16.2. The standard InChI is InChI=1S/C18H24N2O2/c1-3-19(2)18(22)16-11-13-20(14-12-16)17(21)10-9-15-7-5-4-6-8-15/h4-10,16H,3,11-14H2,1-2H3. The van der Waals surface area contributed by atoms with Crippen molar-refractivity contribution < 1.29 is 9.59 Å². The van der Waals surface area contributed by atoms with Gasteiger partial charge in [-0.05, 0) is 31.4 Å². The maximum atomic E-state index is 12.2. The van der Waals surface area contributed by atoms with Crippen LogP contribution in [0.4, 0.5) is 0 Å². The zero-order valence-electron chi connectivity index (χ0n) is 13.4. The molecule has 0 aliphatic carbocycles. The molecule has 4 heteroatoms. The van der Waals surface area contributed by atoms with Gasteiger partial charge in [0, 0.05) is 38.7 Å². The minimum Gasteiger partial charge on any atom is -0.346 e. The summed E-state index contributed by atoms with van der Waals surface area (Å²) >= 11 is 0. The van der Waals surface area contributed by atoms with E-state index in [4.69, 9.17) is 0 Å². The molecule has 2 rings (SSSR count). The summed E-state index contributed by atoms with van der Waals surface area (Å²) in [4.78, 5) is 27.9. The summed E-state index contributed by atoms with van der Waals surface area (Å²) in [6.45, 7) is 4.03. The van der Waals surface area contributed by atoms with Crippen molar-refractivity contribution in [1.29, 1.82) is 0 Å². The molecule has 0 N–H and O–H groups in total. The van der Waals surface area contributed by atoms with E-state index >= 15 is 0 Å². The number of carbonyl (C=O) groups excluding carboxylic acids is 2. The van der Waals surface area contributed by atoms with Crippen LogP contribution in [0.2, 0.25) is 0 Å². The van der Waals surface area contributed by atoms with Crippen molar-refractivity contribution in [1.82, 2.24) is 9.80 Å². The summed E-state index contributed by atoms with van der Waals surface area (Å²) in [6, 6.07) is 9.79. The lowest BCUT2D eigenvalue weighted by Crippen LogP contribution is -2.43. The van der Waals surface area contributed by atoms with Gasteiger partial charge in [-0.15, -0.1) is 0 Å². The third-order valence-electron chi connectivity index (χ3n) is 4.22. The molecular weight excluding hydrogens is 276 g/mol. The molecule has 2 amide bonds. The van der Waals surface area contributed by atoms with E-state index in [2.05, 4.69) is 0 Å². The molecule has 4 nitrogen and oxygen atoms in total. The fraction of sp³-hybridized carbons (Fsp3) is 0.444. The first kappa shape index (κ1) is 16.3. The second-order valence-electron chi connectivity index (χ2n) is 5.70. The van der Waals surface area contributed by atoms with Crippen molar-refractivity contribution in [2.24, 2.45) is 5.92 Å². The van der Waals surface area contributed by atoms with Crippen molar-refractivity contribution in [2.75, 3.05) is 26.7 Å². The highest BCUT2D eigenvalue weighted by Crippen LogP contribution is 2.19. The lowest BCUT2D eigenvalue weighted by molar-refractivity contribution is -0.138. The number of likely N-dealkylation sites (tertiary alicyclic amines) is 1. The Morgan fingerprint density at radius 3 is 2.45 bits per heavy atom. The highest BCUT2D eigenvalue weighted by molar-refractivity contribution is 5.92. The number of amides is 2. The van der Waals surface area contributed by atoms with Crippen LogP contribution in [-0.4, -0.2) is 48.3 Å². The fourth-order valence-electron chi connectivity index (χ4n) is 2.65. The van der Waals surface area contributed by atoms with Crippen molar-refractivity contribution in [3.05, 3.63) is 42.0 Å². The van der Waals surface area contributed by atoms with E-state index in [9.17, 15) is 9.59 Å². The Balaban J connectivity index is 1.85. The van der Waals surface area contributed by atoms with Gasteiger partial charge in [0.05, 0.1) is 0 Å². The van der Waals surface area contributed by atoms with Crippen LogP contribution < -0.4 is 0 Å². The molecule has 0 unspecified atom stereocenters. The Labute approximate surface area is 132 Å². The van der Waals surface area contributed by atoms with Gasteiger partial charge in [0.1, 0.15) is 0 Å². The van der Waals surface area contributed by atoms with Gasteiger partial charge in [0.25, 0.3) is 0 Å². The number of hydrogen-bond acceptors (Lipinski definition) is 2. The summed E-state index contributed by atoms with van der Waals surface area (Å²) < 4.78 is 0. The molecule has 1 fully saturated rings. The van der Waals surface area contributed by atoms with Crippen LogP contribution in [0.5, 0.6) is 0 Å². The Hall–Kier alpha value is -2.10. The lowest BCUT2D eigenvalue weighted by atomic mass is 9.95. The first-order valence-corrected chi connectivity index (χ1v) is 7.89. The highest BCUT2D eigenvalue weighted by Gasteiger charge is 2.27. The average molecular weight is 300 g/mol. The molecule has 118 valence electrons. The third kappa shape index (κ3) is 4.20. The molecule has 0 atom stereocenters. The summed E-state index contributed by atoms with van der Waals surface area (Å²) in [5.41, 5.74) is 1.02. The number of nitrogens with zero attached hydrogens (tertiary/aromatic N) is 2. The van der Waals surface area contributed by atoms with Crippen molar-refractivity contribution in [3.63, 3.8) is 0 Å². The molecule has 1 aliphatic rings.